The van der Waals surface area contributed by atoms with Crippen LogP contribution >= 0.6 is 24.0 Å². The maximum absolute atomic E-state index is 12.9. The minimum atomic E-state index is -0.139. The van der Waals surface area contributed by atoms with Crippen molar-refractivity contribution in [3.63, 3.8) is 0 Å². The maximum atomic E-state index is 12.9. The lowest BCUT2D eigenvalue weighted by atomic mass is 10.1. The number of carbonyl (C=O) groups is 1. The minimum absolute atomic E-state index is 0.0759. The molecule has 2 aromatic carbocycles. The van der Waals surface area contributed by atoms with Crippen molar-refractivity contribution in [2.75, 3.05) is 11.5 Å². The first-order valence-electron chi connectivity index (χ1n) is 8.21. The lowest BCUT2D eigenvalue weighted by Crippen LogP contribution is -2.28. The van der Waals surface area contributed by atoms with E-state index in [0.29, 0.717) is 21.6 Å². The van der Waals surface area contributed by atoms with Gasteiger partial charge >= 0.3 is 0 Å². The summed E-state index contributed by atoms with van der Waals surface area (Å²) in [4.78, 5) is 15.1. The highest BCUT2D eigenvalue weighted by atomic mass is 32.2. The number of benzene rings is 2. The van der Waals surface area contributed by atoms with Gasteiger partial charge in [0.15, 0.2) is 15.8 Å². The summed E-state index contributed by atoms with van der Waals surface area (Å²) < 4.78 is 5.91. The quantitative estimate of drug-likeness (QED) is 0.604. The van der Waals surface area contributed by atoms with Crippen molar-refractivity contribution in [2.24, 2.45) is 0 Å². The molecule has 0 saturated carbocycles. The lowest BCUT2D eigenvalue weighted by Gasteiger charge is -2.17. The zero-order chi connectivity index (χ0) is 18.8. The Morgan fingerprint density at radius 2 is 2.00 bits per heavy atom. The Morgan fingerprint density at radius 1 is 1.23 bits per heavy atom. The molecule has 1 aliphatic rings. The van der Waals surface area contributed by atoms with Crippen molar-refractivity contribution in [3.8, 4) is 11.5 Å². The van der Waals surface area contributed by atoms with Gasteiger partial charge in [0.25, 0.3) is 5.91 Å². The molecule has 1 heterocycles. The first-order valence-corrected chi connectivity index (χ1v) is 9.44. The molecule has 0 bridgehead atoms. The summed E-state index contributed by atoms with van der Waals surface area (Å²) >= 11 is 6.72. The number of phenolic OH excluding ortho intramolecular Hbond substituents is 1. The molecule has 1 saturated heterocycles. The molecule has 6 heteroatoms. The number of phenols is 1. The highest BCUT2D eigenvalue weighted by molar-refractivity contribution is 8.27. The second-order valence-corrected chi connectivity index (χ2v) is 7.64. The Morgan fingerprint density at radius 3 is 2.73 bits per heavy atom. The zero-order valence-electron chi connectivity index (χ0n) is 14.8. The molecule has 1 aliphatic heterocycles. The van der Waals surface area contributed by atoms with Crippen molar-refractivity contribution in [1.82, 2.24) is 0 Å². The van der Waals surface area contributed by atoms with E-state index in [9.17, 15) is 9.90 Å². The Kier molecular flexibility index (Phi) is 5.34. The van der Waals surface area contributed by atoms with Gasteiger partial charge in [0.05, 0.1) is 17.2 Å². The van der Waals surface area contributed by atoms with E-state index < -0.39 is 0 Å². The summed E-state index contributed by atoms with van der Waals surface area (Å²) in [5.41, 5.74) is 3.66. The lowest BCUT2D eigenvalue weighted by molar-refractivity contribution is -0.113. The monoisotopic (exact) mass is 385 g/mol. The SMILES string of the molecule is CCOc1cc(C=C2SC(=S)N(c3cc(C)ccc3C)C2=O)ccc1O. The number of amides is 1. The average molecular weight is 386 g/mol. The van der Waals surface area contributed by atoms with Gasteiger partial charge in [-0.3, -0.25) is 9.69 Å². The summed E-state index contributed by atoms with van der Waals surface area (Å²) in [6.45, 7) is 6.25. The molecule has 0 atom stereocenters. The number of rotatable bonds is 4. The second kappa shape index (κ2) is 7.51. The van der Waals surface area contributed by atoms with Gasteiger partial charge in [0, 0.05) is 0 Å². The van der Waals surface area contributed by atoms with E-state index in [1.165, 1.54) is 11.8 Å². The third-order valence-corrected chi connectivity index (χ3v) is 5.28. The van der Waals surface area contributed by atoms with Crippen LogP contribution in [0, 0.1) is 13.8 Å². The number of thioether (sulfide) groups is 1. The third-order valence-electron chi connectivity index (χ3n) is 3.98. The molecule has 134 valence electrons. The molecule has 0 aliphatic carbocycles. The molecule has 0 spiro atoms. The van der Waals surface area contributed by atoms with Crippen LogP contribution in [0.1, 0.15) is 23.6 Å². The Hall–Kier alpha value is -2.31. The van der Waals surface area contributed by atoms with Crippen LogP contribution < -0.4 is 9.64 Å². The van der Waals surface area contributed by atoms with Crippen molar-refractivity contribution < 1.29 is 14.6 Å². The molecule has 1 amide bonds. The number of aryl methyl sites for hydroxylation is 2. The topological polar surface area (TPSA) is 49.8 Å². The molecular formula is C20H19NO3S2. The normalized spacial score (nSPS) is 15.8. The van der Waals surface area contributed by atoms with Gasteiger partial charge in [0.2, 0.25) is 0 Å². The predicted molar refractivity (Wildman–Crippen MR) is 111 cm³/mol. The molecule has 0 unspecified atom stereocenters. The Balaban J connectivity index is 1.95. The van der Waals surface area contributed by atoms with E-state index >= 15 is 0 Å². The summed E-state index contributed by atoms with van der Waals surface area (Å²) in [5, 5.41) is 9.82. The number of hydrogen-bond acceptors (Lipinski definition) is 5. The van der Waals surface area contributed by atoms with E-state index in [1.54, 1.807) is 29.2 Å². The van der Waals surface area contributed by atoms with Gasteiger partial charge in [-0.2, -0.15) is 0 Å². The fourth-order valence-electron chi connectivity index (χ4n) is 2.68. The van der Waals surface area contributed by atoms with Gasteiger partial charge in [-0.15, -0.1) is 0 Å². The molecule has 0 aromatic heterocycles. The van der Waals surface area contributed by atoms with E-state index in [2.05, 4.69) is 0 Å². The number of carbonyl (C=O) groups excluding carboxylic acids is 1. The fourth-order valence-corrected chi connectivity index (χ4v) is 3.96. The number of thiocarbonyl (C=S) groups is 1. The van der Waals surface area contributed by atoms with Crippen LogP contribution in [0.15, 0.2) is 41.3 Å². The first kappa shape index (κ1) is 18.5. The van der Waals surface area contributed by atoms with Crippen molar-refractivity contribution in [2.45, 2.75) is 20.8 Å². The van der Waals surface area contributed by atoms with Gasteiger partial charge < -0.3 is 9.84 Å². The fraction of sp³-hybridized carbons (Fsp3) is 0.200. The number of hydrogen-bond donors (Lipinski definition) is 1. The standard InChI is InChI=1S/C20H19NO3S2/c1-4-24-17-10-14(7-8-16(17)22)11-18-19(23)21(20(25)26-18)15-9-12(2)5-6-13(15)3/h5-11,22H,4H2,1-3H3. The number of ether oxygens (including phenoxy) is 1. The van der Waals surface area contributed by atoms with Crippen LogP contribution in [0.5, 0.6) is 11.5 Å². The smallest absolute Gasteiger partial charge is 0.270 e. The van der Waals surface area contributed by atoms with E-state index in [-0.39, 0.29) is 11.7 Å². The van der Waals surface area contributed by atoms with Crippen LogP contribution in [-0.4, -0.2) is 21.9 Å². The number of anilines is 1. The van der Waals surface area contributed by atoms with Gasteiger partial charge in [-0.1, -0.05) is 42.2 Å². The first-order chi connectivity index (χ1) is 12.4. The molecule has 1 fully saturated rings. The summed E-state index contributed by atoms with van der Waals surface area (Å²) in [5.74, 6) is 0.331. The highest BCUT2D eigenvalue weighted by Crippen LogP contribution is 2.38. The molecule has 26 heavy (non-hydrogen) atoms. The van der Waals surface area contributed by atoms with Gasteiger partial charge in [-0.05, 0) is 61.7 Å². The van der Waals surface area contributed by atoms with Gasteiger partial charge in [0.1, 0.15) is 0 Å². The van der Waals surface area contributed by atoms with E-state index in [0.717, 1.165) is 22.4 Å². The van der Waals surface area contributed by atoms with E-state index in [1.807, 2.05) is 39.0 Å². The van der Waals surface area contributed by atoms with Crippen molar-refractivity contribution >= 4 is 46.0 Å². The summed E-state index contributed by atoms with van der Waals surface area (Å²) in [6.07, 6.45) is 1.77. The molecule has 1 N–H and O–H groups in total. The highest BCUT2D eigenvalue weighted by Gasteiger charge is 2.34. The minimum Gasteiger partial charge on any atom is -0.504 e. The largest absolute Gasteiger partial charge is 0.504 e. The van der Waals surface area contributed by atoms with Crippen LogP contribution in [-0.2, 0) is 4.79 Å². The average Bonchev–Trinajstić information content (AvgIpc) is 2.87. The van der Waals surface area contributed by atoms with E-state index in [4.69, 9.17) is 17.0 Å². The summed E-state index contributed by atoms with van der Waals surface area (Å²) in [6, 6.07) is 11.0. The van der Waals surface area contributed by atoms with Crippen molar-refractivity contribution in [1.29, 1.82) is 0 Å². The van der Waals surface area contributed by atoms with Crippen LogP contribution in [0.4, 0.5) is 5.69 Å². The Bertz CT molecular complexity index is 921. The van der Waals surface area contributed by atoms with Crippen LogP contribution in [0.2, 0.25) is 0 Å². The second-order valence-electron chi connectivity index (χ2n) is 5.97. The molecule has 2 aromatic rings. The molecule has 3 rings (SSSR count). The number of aromatic hydroxyl groups is 1. The molecule has 4 nitrogen and oxygen atoms in total. The Labute approximate surface area is 162 Å². The van der Waals surface area contributed by atoms with Crippen LogP contribution in [0.25, 0.3) is 6.08 Å². The maximum Gasteiger partial charge on any atom is 0.270 e. The zero-order valence-corrected chi connectivity index (χ0v) is 16.4. The summed E-state index contributed by atoms with van der Waals surface area (Å²) in [7, 11) is 0. The van der Waals surface area contributed by atoms with Gasteiger partial charge in [-0.25, -0.2) is 0 Å². The third kappa shape index (κ3) is 3.61. The molecular weight excluding hydrogens is 366 g/mol. The number of nitrogens with zero attached hydrogens (tertiary/aromatic N) is 1. The predicted octanol–water partition coefficient (Wildman–Crippen LogP) is 4.81. The van der Waals surface area contributed by atoms with Crippen LogP contribution in [0.3, 0.4) is 0 Å². The molecule has 0 radical (unpaired) electrons. The van der Waals surface area contributed by atoms with Crippen molar-refractivity contribution in [3.05, 3.63) is 58.0 Å².